The Kier molecular flexibility index (Phi) is 4.51. The van der Waals surface area contributed by atoms with Gasteiger partial charge in [0, 0.05) is 11.7 Å². The maximum atomic E-state index is 13.5. The van der Waals surface area contributed by atoms with Crippen molar-refractivity contribution in [2.45, 2.75) is 19.4 Å². The Labute approximate surface area is 146 Å². The minimum absolute atomic E-state index is 0.0566. The number of para-hydroxylation sites is 1. The smallest absolute Gasteiger partial charge is 0.248 e. The average Bonchev–Trinajstić information content (AvgIpc) is 2.87. The number of hydrogen-bond donors (Lipinski definition) is 0. The van der Waals surface area contributed by atoms with Gasteiger partial charge in [-0.2, -0.15) is 0 Å². The van der Waals surface area contributed by atoms with Crippen LogP contribution in [0.3, 0.4) is 0 Å². The Morgan fingerprint density at radius 3 is 2.64 bits per heavy atom. The van der Waals surface area contributed by atoms with Crippen LogP contribution >= 0.6 is 0 Å². The van der Waals surface area contributed by atoms with Crippen LogP contribution in [-0.4, -0.2) is 33.2 Å². The van der Waals surface area contributed by atoms with Gasteiger partial charge in [0.15, 0.2) is 0 Å². The van der Waals surface area contributed by atoms with Gasteiger partial charge in [0.05, 0.1) is 11.9 Å². The van der Waals surface area contributed by atoms with Gasteiger partial charge in [0.1, 0.15) is 12.4 Å². The predicted octanol–water partition coefficient (Wildman–Crippen LogP) is 2.57. The largest absolute Gasteiger partial charge is 0.307 e. The molecule has 0 bridgehead atoms. The molecule has 0 spiro atoms. The molecule has 0 unspecified atom stereocenters. The molecular weight excluding hydrogens is 343 g/mol. The van der Waals surface area contributed by atoms with Gasteiger partial charge in [-0.15, -0.1) is 0 Å². The summed E-state index contributed by atoms with van der Waals surface area (Å²) < 4.78 is 38.7. The summed E-state index contributed by atoms with van der Waals surface area (Å²) in [5.41, 5.74) is 1.99. The van der Waals surface area contributed by atoms with E-state index in [0.717, 1.165) is 34.3 Å². The SMILES string of the molecule is C[C@H]1Cc2ccccc2N1C(=O)CN(c1cccc(F)c1)S(C)(=O)=O. The number of halogens is 1. The maximum Gasteiger partial charge on any atom is 0.248 e. The van der Waals surface area contributed by atoms with E-state index in [1.807, 2.05) is 31.2 Å². The zero-order valence-corrected chi connectivity index (χ0v) is 14.8. The van der Waals surface area contributed by atoms with Gasteiger partial charge in [0.2, 0.25) is 15.9 Å². The lowest BCUT2D eigenvalue weighted by Crippen LogP contribution is -2.45. The maximum absolute atomic E-state index is 13.5. The molecule has 7 heteroatoms. The molecule has 25 heavy (non-hydrogen) atoms. The van der Waals surface area contributed by atoms with Crippen LogP contribution in [0.2, 0.25) is 0 Å². The summed E-state index contributed by atoms with van der Waals surface area (Å²) >= 11 is 0. The third kappa shape index (κ3) is 3.51. The fourth-order valence-corrected chi connectivity index (χ4v) is 4.02. The summed E-state index contributed by atoms with van der Waals surface area (Å²) in [5, 5.41) is 0. The minimum atomic E-state index is -3.74. The number of nitrogens with zero attached hydrogens (tertiary/aromatic N) is 2. The molecule has 1 amide bonds. The quantitative estimate of drug-likeness (QED) is 0.840. The number of hydrogen-bond acceptors (Lipinski definition) is 3. The van der Waals surface area contributed by atoms with Crippen molar-refractivity contribution in [3.05, 3.63) is 59.9 Å². The summed E-state index contributed by atoms with van der Waals surface area (Å²) in [7, 11) is -3.74. The number of carbonyl (C=O) groups is 1. The van der Waals surface area contributed by atoms with Crippen molar-refractivity contribution in [3.63, 3.8) is 0 Å². The van der Waals surface area contributed by atoms with Crippen LogP contribution in [0.25, 0.3) is 0 Å². The first-order chi connectivity index (χ1) is 11.8. The highest BCUT2D eigenvalue weighted by Gasteiger charge is 2.33. The van der Waals surface area contributed by atoms with Crippen LogP contribution in [0.5, 0.6) is 0 Å². The van der Waals surface area contributed by atoms with E-state index in [1.54, 1.807) is 4.90 Å². The Morgan fingerprint density at radius 1 is 1.24 bits per heavy atom. The van der Waals surface area contributed by atoms with E-state index in [4.69, 9.17) is 0 Å². The Bertz CT molecular complexity index is 914. The van der Waals surface area contributed by atoms with E-state index < -0.39 is 15.8 Å². The lowest BCUT2D eigenvalue weighted by Gasteiger charge is -2.27. The van der Waals surface area contributed by atoms with E-state index in [0.29, 0.717) is 0 Å². The van der Waals surface area contributed by atoms with Gasteiger partial charge < -0.3 is 4.90 Å². The molecule has 2 aromatic rings. The molecule has 0 saturated carbocycles. The van der Waals surface area contributed by atoms with Gasteiger partial charge in [-0.05, 0) is 43.2 Å². The third-order valence-corrected chi connectivity index (χ3v) is 5.39. The molecule has 0 aromatic heterocycles. The highest BCUT2D eigenvalue weighted by Crippen LogP contribution is 2.32. The van der Waals surface area contributed by atoms with Crippen LogP contribution < -0.4 is 9.21 Å². The van der Waals surface area contributed by atoms with E-state index in [9.17, 15) is 17.6 Å². The number of benzene rings is 2. The number of sulfonamides is 1. The van der Waals surface area contributed by atoms with E-state index in [2.05, 4.69) is 0 Å². The number of fused-ring (bicyclic) bond motifs is 1. The first kappa shape index (κ1) is 17.4. The molecule has 2 aromatic carbocycles. The van der Waals surface area contributed by atoms with Crippen molar-refractivity contribution in [1.82, 2.24) is 0 Å². The van der Waals surface area contributed by atoms with Gasteiger partial charge in [-0.3, -0.25) is 9.10 Å². The van der Waals surface area contributed by atoms with Gasteiger partial charge in [-0.25, -0.2) is 12.8 Å². The fraction of sp³-hybridized carbons (Fsp3) is 0.278. The number of rotatable bonds is 4. The molecule has 1 heterocycles. The van der Waals surface area contributed by atoms with Gasteiger partial charge in [-0.1, -0.05) is 24.3 Å². The predicted molar refractivity (Wildman–Crippen MR) is 95.7 cm³/mol. The van der Waals surface area contributed by atoms with Crippen molar-refractivity contribution >= 4 is 27.3 Å². The second kappa shape index (κ2) is 6.48. The van der Waals surface area contributed by atoms with Crippen molar-refractivity contribution in [1.29, 1.82) is 0 Å². The molecule has 0 radical (unpaired) electrons. The minimum Gasteiger partial charge on any atom is -0.307 e. The molecule has 132 valence electrons. The van der Waals surface area contributed by atoms with Crippen LogP contribution in [-0.2, 0) is 21.2 Å². The van der Waals surface area contributed by atoms with Crippen LogP contribution in [0.15, 0.2) is 48.5 Å². The van der Waals surface area contributed by atoms with Crippen LogP contribution in [0.4, 0.5) is 15.8 Å². The van der Waals surface area contributed by atoms with Crippen molar-refractivity contribution < 1.29 is 17.6 Å². The highest BCUT2D eigenvalue weighted by atomic mass is 32.2. The molecule has 1 aliphatic heterocycles. The first-order valence-electron chi connectivity index (χ1n) is 7.90. The first-order valence-corrected chi connectivity index (χ1v) is 9.75. The molecule has 5 nitrogen and oxygen atoms in total. The Hall–Kier alpha value is -2.41. The molecule has 1 atom stereocenters. The second-order valence-corrected chi connectivity index (χ2v) is 8.10. The summed E-state index contributed by atoms with van der Waals surface area (Å²) in [5.74, 6) is -0.898. The topological polar surface area (TPSA) is 57.7 Å². The van der Waals surface area contributed by atoms with Gasteiger partial charge >= 0.3 is 0 Å². The standard InChI is InChI=1S/C18H19FN2O3S/c1-13-10-14-6-3-4-9-17(14)21(13)18(22)12-20(25(2,23)24)16-8-5-7-15(19)11-16/h3-9,11,13H,10,12H2,1-2H3/t13-/m0/s1. The summed E-state index contributed by atoms with van der Waals surface area (Å²) in [6, 6.07) is 12.7. The van der Waals surface area contributed by atoms with Crippen LogP contribution in [0.1, 0.15) is 12.5 Å². The van der Waals surface area contributed by atoms with E-state index in [1.165, 1.54) is 18.2 Å². The molecule has 0 fully saturated rings. The monoisotopic (exact) mass is 362 g/mol. The molecule has 3 rings (SSSR count). The fourth-order valence-electron chi connectivity index (χ4n) is 3.18. The summed E-state index contributed by atoms with van der Waals surface area (Å²) in [6.07, 6.45) is 1.73. The lowest BCUT2D eigenvalue weighted by atomic mass is 10.1. The average molecular weight is 362 g/mol. The van der Waals surface area contributed by atoms with Gasteiger partial charge in [0.25, 0.3) is 0 Å². The van der Waals surface area contributed by atoms with Crippen molar-refractivity contribution in [2.75, 3.05) is 22.0 Å². The second-order valence-electron chi connectivity index (χ2n) is 6.20. The molecule has 1 aliphatic rings. The number of anilines is 2. The molecule has 0 saturated heterocycles. The normalized spacial score (nSPS) is 16.6. The van der Waals surface area contributed by atoms with Crippen LogP contribution in [0, 0.1) is 5.82 Å². The zero-order chi connectivity index (χ0) is 18.2. The summed E-state index contributed by atoms with van der Waals surface area (Å²) in [4.78, 5) is 14.5. The third-order valence-electron chi connectivity index (χ3n) is 4.25. The molecular formula is C18H19FN2O3S. The van der Waals surface area contributed by atoms with E-state index >= 15 is 0 Å². The Morgan fingerprint density at radius 2 is 1.96 bits per heavy atom. The number of amides is 1. The summed E-state index contributed by atoms with van der Waals surface area (Å²) in [6.45, 7) is 1.55. The van der Waals surface area contributed by atoms with E-state index in [-0.39, 0.29) is 24.2 Å². The number of carbonyl (C=O) groups excluding carboxylic acids is 1. The van der Waals surface area contributed by atoms with Crippen molar-refractivity contribution in [2.24, 2.45) is 0 Å². The Balaban J connectivity index is 1.92. The lowest BCUT2D eigenvalue weighted by molar-refractivity contribution is -0.117. The molecule has 0 N–H and O–H groups in total. The molecule has 0 aliphatic carbocycles. The highest BCUT2D eigenvalue weighted by molar-refractivity contribution is 7.92. The van der Waals surface area contributed by atoms with Crippen molar-refractivity contribution in [3.8, 4) is 0 Å². The zero-order valence-electron chi connectivity index (χ0n) is 14.0.